The van der Waals surface area contributed by atoms with Crippen molar-refractivity contribution in [1.82, 2.24) is 5.32 Å². The number of furan rings is 1. The molecule has 0 saturated heterocycles. The van der Waals surface area contributed by atoms with Gasteiger partial charge in [-0.1, -0.05) is 13.8 Å². The molecule has 0 aliphatic rings. The Hall–Kier alpha value is -1.61. The molecule has 1 N–H and O–H groups in total. The summed E-state index contributed by atoms with van der Waals surface area (Å²) in [5, 5.41) is 3.46. The third-order valence-corrected chi connectivity index (χ3v) is 3.35. The van der Waals surface area contributed by atoms with E-state index >= 15 is 0 Å². The molecule has 1 aromatic heterocycles. The van der Waals surface area contributed by atoms with Crippen LogP contribution in [0.1, 0.15) is 44.1 Å². The van der Waals surface area contributed by atoms with Crippen molar-refractivity contribution in [3.8, 4) is 11.3 Å². The number of hydrogen-bond acceptors (Lipinski definition) is 2. The normalized spacial score (nSPS) is 12.6. The van der Waals surface area contributed by atoms with Crippen molar-refractivity contribution in [2.45, 2.75) is 39.7 Å². The standard InChI is InChI=1S/C17H22FNO/c1-4-8-19-15(5-2)17-7-6-16(20-17)13-9-12(3)10-14(18)11-13/h6-7,9-11,15,19H,4-5,8H2,1-3H3. The van der Waals surface area contributed by atoms with Crippen LogP contribution >= 0.6 is 0 Å². The highest BCUT2D eigenvalue weighted by Gasteiger charge is 2.14. The summed E-state index contributed by atoms with van der Waals surface area (Å²) < 4.78 is 19.4. The van der Waals surface area contributed by atoms with Crippen molar-refractivity contribution < 1.29 is 8.81 Å². The van der Waals surface area contributed by atoms with Gasteiger partial charge in [0.1, 0.15) is 17.3 Å². The maximum atomic E-state index is 13.5. The van der Waals surface area contributed by atoms with Crippen LogP contribution in [-0.4, -0.2) is 6.54 Å². The van der Waals surface area contributed by atoms with E-state index in [0.29, 0.717) is 0 Å². The topological polar surface area (TPSA) is 25.2 Å². The molecule has 2 aromatic rings. The third kappa shape index (κ3) is 3.48. The Labute approximate surface area is 120 Å². The fraction of sp³-hybridized carbons (Fsp3) is 0.412. The quantitative estimate of drug-likeness (QED) is 0.815. The smallest absolute Gasteiger partial charge is 0.134 e. The SMILES string of the molecule is CCCNC(CC)c1ccc(-c2cc(C)cc(F)c2)o1. The molecule has 1 heterocycles. The van der Waals surface area contributed by atoms with Crippen LogP contribution in [0.4, 0.5) is 4.39 Å². The van der Waals surface area contributed by atoms with E-state index in [1.165, 1.54) is 12.1 Å². The molecule has 2 rings (SSSR count). The van der Waals surface area contributed by atoms with E-state index in [4.69, 9.17) is 4.42 Å². The Morgan fingerprint density at radius 1 is 1.20 bits per heavy atom. The highest BCUT2D eigenvalue weighted by atomic mass is 19.1. The molecule has 0 bridgehead atoms. The molecule has 2 nitrogen and oxygen atoms in total. The number of benzene rings is 1. The lowest BCUT2D eigenvalue weighted by atomic mass is 10.1. The molecule has 0 amide bonds. The number of nitrogens with one attached hydrogen (secondary N) is 1. The minimum atomic E-state index is -0.228. The Balaban J connectivity index is 2.23. The van der Waals surface area contributed by atoms with Crippen molar-refractivity contribution in [3.05, 3.63) is 47.5 Å². The molecule has 0 fully saturated rings. The summed E-state index contributed by atoms with van der Waals surface area (Å²) >= 11 is 0. The van der Waals surface area contributed by atoms with Crippen LogP contribution in [-0.2, 0) is 0 Å². The van der Waals surface area contributed by atoms with E-state index < -0.39 is 0 Å². The Kier molecular flexibility index (Phi) is 4.96. The molecule has 0 spiro atoms. The molecule has 0 aliphatic carbocycles. The number of halogens is 1. The Morgan fingerprint density at radius 2 is 2.00 bits per heavy atom. The van der Waals surface area contributed by atoms with Crippen molar-refractivity contribution in [3.63, 3.8) is 0 Å². The lowest BCUT2D eigenvalue weighted by Crippen LogP contribution is -2.20. The fourth-order valence-electron chi connectivity index (χ4n) is 2.34. The van der Waals surface area contributed by atoms with E-state index in [2.05, 4.69) is 19.2 Å². The van der Waals surface area contributed by atoms with Crippen LogP contribution in [0.15, 0.2) is 34.7 Å². The van der Waals surface area contributed by atoms with E-state index in [-0.39, 0.29) is 11.9 Å². The second-order valence-electron chi connectivity index (χ2n) is 5.13. The summed E-state index contributed by atoms with van der Waals surface area (Å²) in [6.45, 7) is 7.12. The lowest BCUT2D eigenvalue weighted by Gasteiger charge is -2.13. The zero-order valence-electron chi connectivity index (χ0n) is 12.4. The van der Waals surface area contributed by atoms with Crippen LogP contribution in [0, 0.1) is 12.7 Å². The fourth-order valence-corrected chi connectivity index (χ4v) is 2.34. The maximum Gasteiger partial charge on any atom is 0.134 e. The van der Waals surface area contributed by atoms with Crippen molar-refractivity contribution >= 4 is 0 Å². The third-order valence-electron chi connectivity index (χ3n) is 3.35. The minimum Gasteiger partial charge on any atom is -0.459 e. The van der Waals surface area contributed by atoms with Crippen molar-refractivity contribution in [2.75, 3.05) is 6.54 Å². The maximum absolute atomic E-state index is 13.5. The van der Waals surface area contributed by atoms with Crippen molar-refractivity contribution in [2.24, 2.45) is 0 Å². The number of hydrogen-bond donors (Lipinski definition) is 1. The average Bonchev–Trinajstić information content (AvgIpc) is 2.88. The number of aryl methyl sites for hydroxylation is 1. The molecular formula is C17H22FNO. The zero-order chi connectivity index (χ0) is 14.5. The molecule has 0 aliphatic heterocycles. The van der Waals surface area contributed by atoms with E-state index in [1.807, 2.05) is 25.1 Å². The molecule has 108 valence electrons. The zero-order valence-corrected chi connectivity index (χ0v) is 12.4. The number of rotatable bonds is 6. The summed E-state index contributed by atoms with van der Waals surface area (Å²) in [7, 11) is 0. The van der Waals surface area contributed by atoms with Gasteiger partial charge in [-0.2, -0.15) is 0 Å². The molecule has 0 radical (unpaired) electrons. The Bertz CT molecular complexity index is 542. The predicted octanol–water partition coefficient (Wildman–Crippen LogP) is 4.84. The van der Waals surface area contributed by atoms with Gasteiger partial charge in [0.15, 0.2) is 0 Å². The largest absolute Gasteiger partial charge is 0.459 e. The summed E-state index contributed by atoms with van der Waals surface area (Å²) in [4.78, 5) is 0. The van der Waals surface area contributed by atoms with Gasteiger partial charge in [-0.3, -0.25) is 0 Å². The monoisotopic (exact) mass is 275 g/mol. The van der Waals surface area contributed by atoms with Gasteiger partial charge >= 0.3 is 0 Å². The first kappa shape index (κ1) is 14.8. The van der Waals surface area contributed by atoms with E-state index in [1.54, 1.807) is 0 Å². The summed E-state index contributed by atoms with van der Waals surface area (Å²) in [5.74, 6) is 1.41. The van der Waals surface area contributed by atoms with Crippen LogP contribution in [0.5, 0.6) is 0 Å². The molecule has 1 unspecified atom stereocenters. The molecule has 1 atom stereocenters. The van der Waals surface area contributed by atoms with Gasteiger partial charge in [0, 0.05) is 5.56 Å². The molecule has 20 heavy (non-hydrogen) atoms. The molecule has 1 aromatic carbocycles. The van der Waals surface area contributed by atoms with Crippen molar-refractivity contribution in [1.29, 1.82) is 0 Å². The first-order valence-corrected chi connectivity index (χ1v) is 7.24. The molecular weight excluding hydrogens is 253 g/mol. The van der Waals surface area contributed by atoms with E-state index in [0.717, 1.165) is 42.0 Å². The highest BCUT2D eigenvalue weighted by molar-refractivity contribution is 5.58. The first-order valence-electron chi connectivity index (χ1n) is 7.24. The second-order valence-corrected chi connectivity index (χ2v) is 5.13. The van der Waals surface area contributed by atoms with Gasteiger partial charge in [-0.25, -0.2) is 4.39 Å². The summed E-state index contributed by atoms with van der Waals surface area (Å²) in [5.41, 5.74) is 1.69. The first-order chi connectivity index (χ1) is 9.63. The average molecular weight is 275 g/mol. The predicted molar refractivity (Wildman–Crippen MR) is 80.2 cm³/mol. The van der Waals surface area contributed by atoms with Gasteiger partial charge < -0.3 is 9.73 Å². The van der Waals surface area contributed by atoms with Gasteiger partial charge in [0.25, 0.3) is 0 Å². The Morgan fingerprint density at radius 3 is 2.65 bits per heavy atom. The van der Waals surface area contributed by atoms with Crippen LogP contribution < -0.4 is 5.32 Å². The second kappa shape index (κ2) is 6.71. The summed E-state index contributed by atoms with van der Waals surface area (Å²) in [6, 6.07) is 9.08. The van der Waals surface area contributed by atoms with Crippen LogP contribution in [0.2, 0.25) is 0 Å². The van der Waals surface area contributed by atoms with Gasteiger partial charge in [0.05, 0.1) is 6.04 Å². The lowest BCUT2D eigenvalue weighted by molar-refractivity contribution is 0.411. The van der Waals surface area contributed by atoms with Gasteiger partial charge in [-0.05, 0) is 62.2 Å². The van der Waals surface area contributed by atoms with Gasteiger partial charge in [-0.15, -0.1) is 0 Å². The molecule has 0 saturated carbocycles. The van der Waals surface area contributed by atoms with Crippen LogP contribution in [0.25, 0.3) is 11.3 Å². The van der Waals surface area contributed by atoms with E-state index in [9.17, 15) is 4.39 Å². The highest BCUT2D eigenvalue weighted by Crippen LogP contribution is 2.28. The summed E-state index contributed by atoms with van der Waals surface area (Å²) in [6.07, 6.45) is 2.06. The minimum absolute atomic E-state index is 0.221. The van der Waals surface area contributed by atoms with Gasteiger partial charge in [0.2, 0.25) is 0 Å². The van der Waals surface area contributed by atoms with Crippen LogP contribution in [0.3, 0.4) is 0 Å². The molecule has 3 heteroatoms.